The van der Waals surface area contributed by atoms with Crippen molar-refractivity contribution in [3.05, 3.63) is 71.0 Å². The highest BCUT2D eigenvalue weighted by atomic mass is 19.4. The quantitative estimate of drug-likeness (QED) is 0.307. The average Bonchev–Trinajstić information content (AvgIpc) is 3.43. The monoisotopic (exact) mass is 613 g/mol. The number of nitrogens with zero attached hydrogens (tertiary/aromatic N) is 5. The van der Waals surface area contributed by atoms with Crippen LogP contribution in [0.5, 0.6) is 17.2 Å². The zero-order chi connectivity index (χ0) is 31.8. The van der Waals surface area contributed by atoms with Crippen LogP contribution in [0.3, 0.4) is 0 Å². The minimum absolute atomic E-state index is 0.0268. The van der Waals surface area contributed by atoms with Crippen molar-refractivity contribution in [2.24, 2.45) is 0 Å². The predicted molar refractivity (Wildman–Crippen MR) is 156 cm³/mol. The van der Waals surface area contributed by atoms with Gasteiger partial charge in [0.15, 0.2) is 11.3 Å². The molecule has 0 radical (unpaired) electrons. The fourth-order valence-corrected chi connectivity index (χ4v) is 5.82. The van der Waals surface area contributed by atoms with Crippen LogP contribution in [0.15, 0.2) is 48.7 Å². The van der Waals surface area contributed by atoms with Crippen molar-refractivity contribution < 1.29 is 37.3 Å². The Labute approximate surface area is 252 Å². The van der Waals surface area contributed by atoms with Gasteiger partial charge in [-0.05, 0) is 50.2 Å². The Bertz CT molecular complexity index is 1660. The van der Waals surface area contributed by atoms with Gasteiger partial charge < -0.3 is 24.2 Å². The van der Waals surface area contributed by atoms with Crippen molar-refractivity contribution in [2.45, 2.75) is 32.1 Å². The molecule has 4 aromatic rings. The van der Waals surface area contributed by atoms with Gasteiger partial charge in [0.05, 0.1) is 45.9 Å². The van der Waals surface area contributed by atoms with E-state index < -0.39 is 23.8 Å². The van der Waals surface area contributed by atoms with Crippen LogP contribution in [-0.2, 0) is 6.18 Å². The van der Waals surface area contributed by atoms with E-state index in [4.69, 9.17) is 14.2 Å². The van der Waals surface area contributed by atoms with Gasteiger partial charge in [-0.3, -0.25) is 9.69 Å². The van der Waals surface area contributed by atoms with Crippen LogP contribution >= 0.6 is 0 Å². The van der Waals surface area contributed by atoms with E-state index >= 15 is 0 Å². The number of carbonyl (C=O) groups is 1. The number of hydrogen-bond donors (Lipinski definition) is 1. The maximum atomic E-state index is 14.4. The molecule has 1 N–H and O–H groups in total. The molecule has 0 aliphatic carbocycles. The number of amides is 1. The van der Waals surface area contributed by atoms with E-state index in [-0.39, 0.29) is 41.7 Å². The van der Waals surface area contributed by atoms with Gasteiger partial charge in [0.2, 0.25) is 0 Å². The summed E-state index contributed by atoms with van der Waals surface area (Å²) in [5.41, 5.74) is 0.00936. The first-order valence-electron chi connectivity index (χ1n) is 14.0. The van der Waals surface area contributed by atoms with E-state index in [9.17, 15) is 23.1 Å². The number of fused-ring (bicyclic) bond motifs is 1. The standard InChI is InChI=1S/C31H34F3N5O5/c1-18-16-37(25(17-40)23-11-10-22(43-4)14-26(23)44-5)12-13-38(18)30(41)24-15-35-39-28(31(32,33)34)19(2)27(36-29(24)39)20-6-8-21(42-3)9-7-20/h6-11,14-15,18,25,40H,12-13,16-17H2,1-5H3/t18-,25+/m1/s1. The SMILES string of the molecule is COc1ccc(-c2nc3c(C(=O)N4CCN([C@@H](CO)c5ccc(OC)cc5OC)C[C@H]4C)cnn3c(C(F)(F)F)c2C)cc1. The van der Waals surface area contributed by atoms with Crippen LogP contribution in [0.2, 0.25) is 0 Å². The number of aromatic nitrogens is 3. The number of ether oxygens (including phenoxy) is 3. The van der Waals surface area contributed by atoms with Gasteiger partial charge in [-0.15, -0.1) is 0 Å². The molecule has 0 unspecified atom stereocenters. The lowest BCUT2D eigenvalue weighted by Gasteiger charge is -2.43. The van der Waals surface area contributed by atoms with Gasteiger partial charge in [0, 0.05) is 48.4 Å². The van der Waals surface area contributed by atoms with Gasteiger partial charge in [-0.2, -0.15) is 18.3 Å². The smallest absolute Gasteiger partial charge is 0.433 e. The van der Waals surface area contributed by atoms with E-state index in [2.05, 4.69) is 15.0 Å². The van der Waals surface area contributed by atoms with Crippen molar-refractivity contribution in [2.75, 3.05) is 47.6 Å². The molecule has 1 aliphatic heterocycles. The summed E-state index contributed by atoms with van der Waals surface area (Å²) in [6.07, 6.45) is -3.60. The maximum Gasteiger partial charge on any atom is 0.433 e. The van der Waals surface area contributed by atoms with Gasteiger partial charge >= 0.3 is 6.18 Å². The molecule has 0 spiro atoms. The molecule has 1 saturated heterocycles. The molecule has 2 atom stereocenters. The highest BCUT2D eigenvalue weighted by Crippen LogP contribution is 2.38. The molecule has 2 aromatic carbocycles. The lowest BCUT2D eigenvalue weighted by molar-refractivity contribution is -0.143. The van der Waals surface area contributed by atoms with E-state index in [1.54, 1.807) is 55.5 Å². The summed E-state index contributed by atoms with van der Waals surface area (Å²) in [4.78, 5) is 22.1. The fraction of sp³-hybridized carbons (Fsp3) is 0.387. The largest absolute Gasteiger partial charge is 0.497 e. The number of piperazine rings is 1. The highest BCUT2D eigenvalue weighted by Gasteiger charge is 2.40. The normalized spacial score (nSPS) is 16.7. The summed E-state index contributed by atoms with van der Waals surface area (Å²) in [6.45, 7) is 4.10. The molecular formula is C31H34F3N5O5. The molecule has 1 fully saturated rings. The first kappa shape index (κ1) is 31.1. The van der Waals surface area contributed by atoms with Gasteiger partial charge in [0.1, 0.15) is 22.8 Å². The summed E-state index contributed by atoms with van der Waals surface area (Å²) in [7, 11) is 4.60. The third kappa shape index (κ3) is 5.64. The third-order valence-electron chi connectivity index (χ3n) is 8.08. The second-order valence-corrected chi connectivity index (χ2v) is 10.6. The number of carbonyl (C=O) groups excluding carboxylic acids is 1. The molecule has 2 aromatic heterocycles. The number of rotatable bonds is 8. The predicted octanol–water partition coefficient (Wildman–Crippen LogP) is 4.63. The van der Waals surface area contributed by atoms with Crippen LogP contribution in [0.25, 0.3) is 16.9 Å². The lowest BCUT2D eigenvalue weighted by Crippen LogP contribution is -2.55. The van der Waals surface area contributed by atoms with Crippen molar-refractivity contribution in [3.63, 3.8) is 0 Å². The van der Waals surface area contributed by atoms with Crippen LogP contribution in [-0.4, -0.2) is 89.0 Å². The topological polar surface area (TPSA) is 102 Å². The van der Waals surface area contributed by atoms with Gasteiger partial charge in [-0.1, -0.05) is 0 Å². The Morgan fingerprint density at radius 1 is 1.05 bits per heavy atom. The van der Waals surface area contributed by atoms with Crippen LogP contribution in [0.4, 0.5) is 13.2 Å². The molecule has 44 heavy (non-hydrogen) atoms. The van der Waals surface area contributed by atoms with E-state index in [1.165, 1.54) is 14.0 Å². The zero-order valence-corrected chi connectivity index (χ0v) is 25.1. The summed E-state index contributed by atoms with van der Waals surface area (Å²) in [6, 6.07) is 11.2. The molecule has 5 rings (SSSR count). The molecule has 0 saturated carbocycles. The molecule has 1 aliphatic rings. The van der Waals surface area contributed by atoms with Crippen molar-refractivity contribution >= 4 is 11.6 Å². The molecule has 0 bridgehead atoms. The van der Waals surface area contributed by atoms with Crippen LogP contribution in [0, 0.1) is 6.92 Å². The lowest BCUT2D eigenvalue weighted by atomic mass is 10.0. The van der Waals surface area contributed by atoms with Crippen LogP contribution in [0.1, 0.15) is 40.1 Å². The highest BCUT2D eigenvalue weighted by molar-refractivity contribution is 6.00. The number of methoxy groups -OCH3 is 3. The Hall–Kier alpha value is -4.36. The number of aliphatic hydroxyl groups excluding tert-OH is 1. The van der Waals surface area contributed by atoms with Gasteiger partial charge in [-0.25, -0.2) is 9.50 Å². The van der Waals surface area contributed by atoms with Crippen molar-refractivity contribution in [1.82, 2.24) is 24.4 Å². The molecular weight excluding hydrogens is 579 g/mol. The van der Waals surface area contributed by atoms with Crippen molar-refractivity contribution in [1.29, 1.82) is 0 Å². The third-order valence-corrected chi connectivity index (χ3v) is 8.08. The Morgan fingerprint density at radius 2 is 1.73 bits per heavy atom. The number of halogens is 3. The second-order valence-electron chi connectivity index (χ2n) is 10.6. The number of alkyl halides is 3. The minimum Gasteiger partial charge on any atom is -0.497 e. The first-order chi connectivity index (χ1) is 21.0. The maximum absolute atomic E-state index is 14.4. The molecule has 234 valence electrons. The number of hydrogen-bond acceptors (Lipinski definition) is 8. The molecule has 3 heterocycles. The summed E-state index contributed by atoms with van der Waals surface area (Å²) < 4.78 is 59.8. The van der Waals surface area contributed by atoms with Crippen LogP contribution < -0.4 is 14.2 Å². The average molecular weight is 614 g/mol. The summed E-state index contributed by atoms with van der Waals surface area (Å²) in [5, 5.41) is 14.3. The van der Waals surface area contributed by atoms with Gasteiger partial charge in [0.25, 0.3) is 5.91 Å². The van der Waals surface area contributed by atoms with Crippen molar-refractivity contribution in [3.8, 4) is 28.5 Å². The molecule has 10 nitrogen and oxygen atoms in total. The first-order valence-corrected chi connectivity index (χ1v) is 14.0. The number of benzene rings is 2. The Morgan fingerprint density at radius 3 is 2.32 bits per heavy atom. The van der Waals surface area contributed by atoms with E-state index in [0.29, 0.717) is 40.4 Å². The Kier molecular flexibility index (Phi) is 8.71. The second kappa shape index (κ2) is 12.3. The summed E-state index contributed by atoms with van der Waals surface area (Å²) in [5.74, 6) is 1.26. The molecule has 13 heteroatoms. The number of aliphatic hydroxyl groups is 1. The van der Waals surface area contributed by atoms with E-state index in [1.807, 2.05) is 13.0 Å². The fourth-order valence-electron chi connectivity index (χ4n) is 5.82. The zero-order valence-electron chi connectivity index (χ0n) is 25.1. The molecule has 1 amide bonds. The summed E-state index contributed by atoms with van der Waals surface area (Å²) >= 11 is 0. The van der Waals surface area contributed by atoms with E-state index in [0.717, 1.165) is 11.8 Å². The Balaban J connectivity index is 1.47. The minimum atomic E-state index is -4.75.